The number of anilines is 1. The van der Waals surface area contributed by atoms with Crippen LogP contribution in [-0.2, 0) is 4.79 Å². The first-order chi connectivity index (χ1) is 17.5. The van der Waals surface area contributed by atoms with Crippen molar-refractivity contribution in [1.82, 2.24) is 15.3 Å². The number of thioether (sulfide) groups is 1. The van der Waals surface area contributed by atoms with Crippen LogP contribution in [0.1, 0.15) is 11.1 Å². The van der Waals surface area contributed by atoms with Gasteiger partial charge in [-0.1, -0.05) is 48.0 Å². The zero-order valence-electron chi connectivity index (χ0n) is 18.6. The lowest BCUT2D eigenvalue weighted by Crippen LogP contribution is -2.60. The van der Waals surface area contributed by atoms with Gasteiger partial charge in [-0.25, -0.2) is 9.69 Å². The fourth-order valence-electron chi connectivity index (χ4n) is 4.57. The minimum absolute atomic E-state index is 0.320. The predicted octanol–water partition coefficient (Wildman–Crippen LogP) is 5.40. The first kappa shape index (κ1) is 22.3. The summed E-state index contributed by atoms with van der Waals surface area (Å²) in [5.74, 6) is -0.320. The predicted molar refractivity (Wildman–Crippen MR) is 140 cm³/mol. The molecule has 1 N–H and O–H groups in total. The summed E-state index contributed by atoms with van der Waals surface area (Å²) in [6, 6.07) is 15.9. The largest absolute Gasteiger partial charge is 0.329 e. The van der Waals surface area contributed by atoms with Gasteiger partial charge in [-0.3, -0.25) is 14.8 Å². The number of amides is 3. The number of rotatable bonds is 3. The second-order valence-corrected chi connectivity index (χ2v) is 9.93. The van der Waals surface area contributed by atoms with Crippen LogP contribution in [0.5, 0.6) is 0 Å². The minimum Gasteiger partial charge on any atom is -0.329 e. The van der Waals surface area contributed by atoms with Crippen molar-refractivity contribution >= 4 is 56.7 Å². The van der Waals surface area contributed by atoms with Crippen LogP contribution in [-0.4, -0.2) is 33.2 Å². The van der Waals surface area contributed by atoms with Gasteiger partial charge in [0, 0.05) is 50.4 Å². The normalized spacial score (nSPS) is 19.0. The third kappa shape index (κ3) is 3.61. The highest BCUT2D eigenvalue weighted by Gasteiger charge is 2.46. The molecule has 0 bridgehead atoms. The van der Waals surface area contributed by atoms with E-state index in [1.54, 1.807) is 24.5 Å². The monoisotopic (exact) mass is 509 g/mol. The molecule has 2 aliphatic rings. The molecule has 0 saturated carbocycles. The number of hydrogen-bond donors (Lipinski definition) is 1. The van der Waals surface area contributed by atoms with Crippen LogP contribution in [0.4, 0.5) is 10.5 Å². The van der Waals surface area contributed by atoms with Crippen molar-refractivity contribution in [3.05, 3.63) is 95.5 Å². The van der Waals surface area contributed by atoms with Crippen molar-refractivity contribution in [3.63, 3.8) is 0 Å². The Labute approximate surface area is 215 Å². The van der Waals surface area contributed by atoms with Gasteiger partial charge in [-0.05, 0) is 23.8 Å². The average molecular weight is 510 g/mol. The van der Waals surface area contributed by atoms with Gasteiger partial charge in [0.05, 0.1) is 23.5 Å². The van der Waals surface area contributed by atoms with Crippen LogP contribution >= 0.6 is 23.4 Å². The van der Waals surface area contributed by atoms with Gasteiger partial charge in [0.2, 0.25) is 0 Å². The van der Waals surface area contributed by atoms with Gasteiger partial charge < -0.3 is 5.32 Å². The molecule has 1 saturated heterocycles. The Hall–Kier alpha value is -4.19. The maximum absolute atomic E-state index is 13.7. The number of imide groups is 1. The molecule has 0 radical (unpaired) electrons. The van der Waals surface area contributed by atoms with E-state index >= 15 is 0 Å². The van der Waals surface area contributed by atoms with Crippen LogP contribution in [0.2, 0.25) is 5.02 Å². The van der Waals surface area contributed by atoms with Crippen LogP contribution in [0, 0.1) is 11.3 Å². The van der Waals surface area contributed by atoms with Crippen LogP contribution < -0.4 is 10.2 Å². The highest BCUT2D eigenvalue weighted by molar-refractivity contribution is 8.09. The summed E-state index contributed by atoms with van der Waals surface area (Å²) < 4.78 is 0. The van der Waals surface area contributed by atoms with Crippen molar-refractivity contribution in [2.24, 2.45) is 0 Å². The van der Waals surface area contributed by atoms with Crippen molar-refractivity contribution in [3.8, 4) is 17.2 Å². The second-order valence-electron chi connectivity index (χ2n) is 8.33. The van der Waals surface area contributed by atoms with Crippen molar-refractivity contribution in [2.75, 3.05) is 4.90 Å². The maximum Gasteiger partial charge on any atom is 0.329 e. The summed E-state index contributed by atoms with van der Waals surface area (Å²) >= 11 is 8.01. The maximum atomic E-state index is 13.7. The molecule has 4 aromatic rings. The van der Waals surface area contributed by atoms with E-state index in [1.807, 2.05) is 42.5 Å². The zero-order chi connectivity index (χ0) is 24.8. The van der Waals surface area contributed by atoms with Gasteiger partial charge in [-0.2, -0.15) is 5.26 Å². The number of carbonyl (C=O) groups excluding carboxylic acids is 2. The average Bonchev–Trinajstić information content (AvgIpc) is 3.32. The number of carbonyl (C=O) groups is 2. The molecule has 2 unspecified atom stereocenters. The summed E-state index contributed by atoms with van der Waals surface area (Å²) in [6.07, 6.45) is 8.28. The van der Waals surface area contributed by atoms with Gasteiger partial charge in [-0.15, -0.1) is 11.8 Å². The molecule has 2 atom stereocenters. The van der Waals surface area contributed by atoms with Crippen LogP contribution in [0.25, 0.3) is 26.8 Å². The molecule has 9 heteroatoms. The van der Waals surface area contributed by atoms with E-state index < -0.39 is 17.3 Å². The molecule has 0 spiro atoms. The van der Waals surface area contributed by atoms with Crippen molar-refractivity contribution in [2.45, 2.75) is 11.3 Å². The number of benzene rings is 2. The summed E-state index contributed by atoms with van der Waals surface area (Å²) in [4.78, 5) is 37.2. The van der Waals surface area contributed by atoms with Crippen molar-refractivity contribution < 1.29 is 9.59 Å². The van der Waals surface area contributed by atoms with E-state index in [-0.39, 0.29) is 5.91 Å². The Morgan fingerprint density at radius 1 is 1.03 bits per heavy atom. The molecular formula is C27H16ClN5O2S. The fraction of sp³-hybridized carbons (Fsp3) is 0.0741. The number of aromatic nitrogens is 2. The molecule has 2 aromatic carbocycles. The lowest BCUT2D eigenvalue weighted by molar-refractivity contribution is -0.118. The van der Waals surface area contributed by atoms with Gasteiger partial charge in [0.15, 0.2) is 0 Å². The molecule has 6 rings (SSSR count). The lowest BCUT2D eigenvalue weighted by Gasteiger charge is -2.33. The Morgan fingerprint density at radius 2 is 1.86 bits per heavy atom. The molecule has 174 valence electrons. The number of urea groups is 1. The molecule has 2 aliphatic heterocycles. The fourth-order valence-corrected chi connectivity index (χ4v) is 6.24. The third-order valence-corrected chi connectivity index (χ3v) is 7.85. The van der Waals surface area contributed by atoms with Crippen LogP contribution in [0.3, 0.4) is 0 Å². The first-order valence-electron chi connectivity index (χ1n) is 11.1. The Bertz CT molecular complexity index is 1640. The third-order valence-electron chi connectivity index (χ3n) is 6.19. The van der Waals surface area contributed by atoms with E-state index in [9.17, 15) is 14.9 Å². The zero-order valence-corrected chi connectivity index (χ0v) is 20.1. The highest BCUT2D eigenvalue weighted by Crippen LogP contribution is 2.47. The molecular weight excluding hydrogens is 494 g/mol. The summed E-state index contributed by atoms with van der Waals surface area (Å²) in [5.41, 5.74) is 3.14. The highest BCUT2D eigenvalue weighted by atomic mass is 35.5. The van der Waals surface area contributed by atoms with Crippen molar-refractivity contribution in [1.29, 1.82) is 5.26 Å². The standard InChI is InChI=1S/C27H16ClN5O2S/c28-20-7-3-6-19(17-8-15(10-29)11-30-13-17)24(20)23-9-21-25(36-23)26(34)33(27(35)32-21)22-14-31-12-16-4-1-2-5-18(16)22/h1-9,11-14,21,25H,(H,32,35). The Kier molecular flexibility index (Phi) is 5.44. The summed E-state index contributed by atoms with van der Waals surface area (Å²) in [7, 11) is 0. The van der Waals surface area contributed by atoms with E-state index in [0.717, 1.165) is 32.4 Å². The number of hydrogen-bond acceptors (Lipinski definition) is 6. The van der Waals surface area contributed by atoms with E-state index in [4.69, 9.17) is 11.6 Å². The Morgan fingerprint density at radius 3 is 2.72 bits per heavy atom. The molecule has 36 heavy (non-hydrogen) atoms. The second kappa shape index (κ2) is 8.79. The number of fused-ring (bicyclic) bond motifs is 2. The van der Waals surface area contributed by atoms with Gasteiger partial charge in [0.1, 0.15) is 11.3 Å². The van der Waals surface area contributed by atoms with E-state index in [2.05, 4.69) is 21.4 Å². The molecule has 7 nitrogen and oxygen atoms in total. The number of nitriles is 1. The number of nitrogens with one attached hydrogen (secondary N) is 1. The SMILES string of the molecule is N#Cc1cncc(-c2cccc(Cl)c2C2=CC3NC(=O)N(c4cncc5ccccc45)C(=O)C3S2)c1. The molecule has 4 heterocycles. The van der Waals surface area contributed by atoms with E-state index in [1.165, 1.54) is 29.1 Å². The van der Waals surface area contributed by atoms with Gasteiger partial charge in [0.25, 0.3) is 5.91 Å². The lowest BCUT2D eigenvalue weighted by atomic mass is 9.98. The molecule has 1 fully saturated rings. The quantitative estimate of drug-likeness (QED) is 0.397. The summed E-state index contributed by atoms with van der Waals surface area (Å²) in [6.45, 7) is 0. The van der Waals surface area contributed by atoms with Gasteiger partial charge >= 0.3 is 6.03 Å². The number of nitrogens with zero attached hydrogens (tertiary/aromatic N) is 4. The molecule has 2 aromatic heterocycles. The smallest absolute Gasteiger partial charge is 0.329 e. The minimum atomic E-state index is -0.565. The summed E-state index contributed by atoms with van der Waals surface area (Å²) in [5, 5.41) is 13.8. The first-order valence-corrected chi connectivity index (χ1v) is 12.3. The number of halogens is 1. The van der Waals surface area contributed by atoms with Crippen LogP contribution in [0.15, 0.2) is 79.4 Å². The molecule has 3 amide bonds. The Balaban J connectivity index is 1.38. The van der Waals surface area contributed by atoms with E-state index in [0.29, 0.717) is 16.3 Å². The molecule has 0 aliphatic carbocycles. The topological polar surface area (TPSA) is 99.0 Å². The number of pyridine rings is 2.